The summed E-state index contributed by atoms with van der Waals surface area (Å²) in [6.45, 7) is 5.45. The average molecular weight is 291 g/mol. The predicted molar refractivity (Wildman–Crippen MR) is 80.9 cm³/mol. The van der Waals surface area contributed by atoms with Crippen molar-refractivity contribution in [2.75, 3.05) is 13.2 Å². The molecule has 5 heteroatoms. The number of halogens is 1. The molecule has 1 N–H and O–H groups in total. The molecule has 0 radical (unpaired) electrons. The highest BCUT2D eigenvalue weighted by atomic mass is 19.1. The molecule has 1 aromatic carbocycles. The fourth-order valence-corrected chi connectivity index (χ4v) is 2.29. The van der Waals surface area contributed by atoms with Crippen molar-refractivity contribution in [2.45, 2.75) is 26.3 Å². The molecule has 1 aromatic heterocycles. The van der Waals surface area contributed by atoms with Crippen molar-refractivity contribution in [1.29, 1.82) is 0 Å². The zero-order valence-corrected chi connectivity index (χ0v) is 12.8. The van der Waals surface area contributed by atoms with Gasteiger partial charge in [-0.3, -0.25) is 4.68 Å². The fraction of sp³-hybridized carbons (Fsp3) is 0.438. The Morgan fingerprint density at radius 3 is 2.90 bits per heavy atom. The van der Waals surface area contributed by atoms with Crippen LogP contribution in [-0.2, 0) is 13.5 Å². The lowest BCUT2D eigenvalue weighted by Crippen LogP contribution is -2.19. The Morgan fingerprint density at radius 2 is 2.24 bits per heavy atom. The second kappa shape index (κ2) is 7.22. The average Bonchev–Trinajstić information content (AvgIpc) is 2.85. The van der Waals surface area contributed by atoms with E-state index < -0.39 is 0 Å². The summed E-state index contributed by atoms with van der Waals surface area (Å²) in [5, 5.41) is 7.43. The lowest BCUT2D eigenvalue weighted by molar-refractivity contribution is 0.313. The van der Waals surface area contributed by atoms with Gasteiger partial charge in [-0.1, -0.05) is 13.0 Å². The lowest BCUT2D eigenvalue weighted by Gasteiger charge is -2.17. The monoisotopic (exact) mass is 291 g/mol. The molecule has 0 aliphatic carbocycles. The zero-order valence-electron chi connectivity index (χ0n) is 12.8. The molecule has 0 aliphatic heterocycles. The van der Waals surface area contributed by atoms with Crippen LogP contribution in [0.4, 0.5) is 4.39 Å². The van der Waals surface area contributed by atoms with Gasteiger partial charge in [-0.25, -0.2) is 4.39 Å². The Morgan fingerprint density at radius 1 is 1.43 bits per heavy atom. The van der Waals surface area contributed by atoms with Crippen LogP contribution in [0.15, 0.2) is 30.6 Å². The first-order valence-corrected chi connectivity index (χ1v) is 7.23. The molecule has 1 heterocycles. The van der Waals surface area contributed by atoms with Gasteiger partial charge in [0.15, 0.2) is 0 Å². The minimum Gasteiger partial charge on any atom is -0.493 e. The molecule has 1 unspecified atom stereocenters. The van der Waals surface area contributed by atoms with Gasteiger partial charge in [0.1, 0.15) is 11.6 Å². The van der Waals surface area contributed by atoms with E-state index in [9.17, 15) is 4.39 Å². The molecule has 0 saturated heterocycles. The predicted octanol–water partition coefficient (Wildman–Crippen LogP) is 2.85. The van der Waals surface area contributed by atoms with Crippen molar-refractivity contribution in [3.05, 3.63) is 47.5 Å². The maximum atomic E-state index is 13.4. The summed E-state index contributed by atoms with van der Waals surface area (Å²) in [5.74, 6) is 0.325. The van der Waals surface area contributed by atoms with E-state index in [1.807, 2.05) is 33.3 Å². The first kappa shape index (κ1) is 15.5. The summed E-state index contributed by atoms with van der Waals surface area (Å²) in [6.07, 6.45) is 4.52. The molecule has 0 amide bonds. The van der Waals surface area contributed by atoms with Gasteiger partial charge in [0, 0.05) is 37.3 Å². The molecule has 0 saturated carbocycles. The van der Waals surface area contributed by atoms with Crippen LogP contribution >= 0.6 is 0 Å². The first-order chi connectivity index (χ1) is 10.1. The molecule has 0 aliphatic rings. The Hall–Kier alpha value is -1.88. The number of nitrogens with zero attached hydrogens (tertiary/aromatic N) is 2. The maximum Gasteiger partial charge on any atom is 0.126 e. The number of benzene rings is 1. The Kier molecular flexibility index (Phi) is 5.33. The van der Waals surface area contributed by atoms with Gasteiger partial charge in [-0.2, -0.15) is 5.10 Å². The number of rotatable bonds is 7. The number of hydrogen-bond donors (Lipinski definition) is 1. The van der Waals surface area contributed by atoms with E-state index in [1.165, 1.54) is 12.1 Å². The molecule has 114 valence electrons. The molecular weight excluding hydrogens is 269 g/mol. The minimum atomic E-state index is -0.279. The molecule has 0 spiro atoms. The standard InChI is InChI=1S/C16H22FN3O/c1-4-18-12(2)15-6-5-14(17)9-16(15)21-8-7-13-10-19-20(3)11-13/h5-6,9-12,18H,4,7-8H2,1-3H3. The van der Waals surface area contributed by atoms with Gasteiger partial charge >= 0.3 is 0 Å². The third-order valence-corrected chi connectivity index (χ3v) is 3.36. The minimum absolute atomic E-state index is 0.129. The summed E-state index contributed by atoms with van der Waals surface area (Å²) in [5.41, 5.74) is 2.08. The van der Waals surface area contributed by atoms with Crippen LogP contribution in [0.25, 0.3) is 0 Å². The van der Waals surface area contributed by atoms with Gasteiger partial charge in [0.2, 0.25) is 0 Å². The Balaban J connectivity index is 2.02. The quantitative estimate of drug-likeness (QED) is 0.852. The molecule has 2 aromatic rings. The molecule has 0 fully saturated rings. The van der Waals surface area contributed by atoms with Crippen molar-refractivity contribution < 1.29 is 9.13 Å². The van der Waals surface area contributed by atoms with Crippen LogP contribution in [0, 0.1) is 5.82 Å². The van der Waals surface area contributed by atoms with E-state index in [1.54, 1.807) is 10.7 Å². The largest absolute Gasteiger partial charge is 0.493 e. The third-order valence-electron chi connectivity index (χ3n) is 3.36. The summed E-state index contributed by atoms with van der Waals surface area (Å²) in [4.78, 5) is 0. The lowest BCUT2D eigenvalue weighted by atomic mass is 10.1. The number of aryl methyl sites for hydroxylation is 1. The van der Waals surface area contributed by atoms with Crippen LogP contribution in [0.1, 0.15) is 31.0 Å². The highest BCUT2D eigenvalue weighted by molar-refractivity contribution is 5.36. The van der Waals surface area contributed by atoms with Crippen LogP contribution in [-0.4, -0.2) is 22.9 Å². The number of hydrogen-bond acceptors (Lipinski definition) is 3. The Labute approximate surface area is 124 Å². The van der Waals surface area contributed by atoms with Crippen LogP contribution in [0.2, 0.25) is 0 Å². The number of aromatic nitrogens is 2. The van der Waals surface area contributed by atoms with E-state index in [0.717, 1.165) is 24.1 Å². The van der Waals surface area contributed by atoms with Gasteiger partial charge in [0.25, 0.3) is 0 Å². The van der Waals surface area contributed by atoms with Gasteiger partial charge in [0.05, 0.1) is 12.8 Å². The molecule has 0 bridgehead atoms. The third kappa shape index (κ3) is 4.29. The molecular formula is C16H22FN3O. The van der Waals surface area contributed by atoms with Gasteiger partial charge in [-0.15, -0.1) is 0 Å². The van der Waals surface area contributed by atoms with Crippen molar-refractivity contribution in [1.82, 2.24) is 15.1 Å². The van der Waals surface area contributed by atoms with Crippen molar-refractivity contribution in [2.24, 2.45) is 7.05 Å². The molecule has 21 heavy (non-hydrogen) atoms. The summed E-state index contributed by atoms with van der Waals surface area (Å²) in [6, 6.07) is 4.83. The van der Waals surface area contributed by atoms with E-state index in [2.05, 4.69) is 10.4 Å². The van der Waals surface area contributed by atoms with E-state index in [0.29, 0.717) is 12.4 Å². The number of nitrogens with one attached hydrogen (secondary N) is 1. The van der Waals surface area contributed by atoms with Gasteiger partial charge in [-0.05, 0) is 25.1 Å². The zero-order chi connectivity index (χ0) is 15.2. The van der Waals surface area contributed by atoms with Gasteiger partial charge < -0.3 is 10.1 Å². The number of ether oxygens (including phenoxy) is 1. The molecule has 1 atom stereocenters. The summed E-state index contributed by atoms with van der Waals surface area (Å²) < 4.78 is 21.0. The highest BCUT2D eigenvalue weighted by Crippen LogP contribution is 2.26. The fourth-order valence-electron chi connectivity index (χ4n) is 2.29. The summed E-state index contributed by atoms with van der Waals surface area (Å²) in [7, 11) is 1.88. The smallest absolute Gasteiger partial charge is 0.126 e. The van der Waals surface area contributed by atoms with E-state index in [4.69, 9.17) is 4.74 Å². The van der Waals surface area contributed by atoms with Crippen molar-refractivity contribution >= 4 is 0 Å². The SMILES string of the molecule is CCNC(C)c1ccc(F)cc1OCCc1cnn(C)c1. The topological polar surface area (TPSA) is 39.1 Å². The van der Waals surface area contributed by atoms with Crippen LogP contribution < -0.4 is 10.1 Å². The van der Waals surface area contributed by atoms with Crippen LogP contribution in [0.5, 0.6) is 5.75 Å². The normalized spacial score (nSPS) is 12.4. The van der Waals surface area contributed by atoms with Crippen molar-refractivity contribution in [3.63, 3.8) is 0 Å². The molecule has 4 nitrogen and oxygen atoms in total. The maximum absolute atomic E-state index is 13.4. The highest BCUT2D eigenvalue weighted by Gasteiger charge is 2.12. The second-order valence-electron chi connectivity index (χ2n) is 5.08. The van der Waals surface area contributed by atoms with E-state index >= 15 is 0 Å². The van der Waals surface area contributed by atoms with Crippen LogP contribution in [0.3, 0.4) is 0 Å². The summed E-state index contributed by atoms with van der Waals surface area (Å²) >= 11 is 0. The first-order valence-electron chi connectivity index (χ1n) is 7.23. The molecule has 2 rings (SSSR count). The Bertz CT molecular complexity index is 583. The second-order valence-corrected chi connectivity index (χ2v) is 5.08. The van der Waals surface area contributed by atoms with E-state index in [-0.39, 0.29) is 11.9 Å². The van der Waals surface area contributed by atoms with Crippen molar-refractivity contribution in [3.8, 4) is 5.75 Å².